The van der Waals surface area contributed by atoms with Gasteiger partial charge in [0.25, 0.3) is 0 Å². The molecule has 25 N–H and O–H groups in total. The van der Waals surface area contributed by atoms with E-state index in [1.54, 1.807) is 0 Å². The summed E-state index contributed by atoms with van der Waals surface area (Å²) in [7, 11) is 0. The number of hydrogen-bond acceptors (Lipinski definition) is 29. The Balaban J connectivity index is 1.71. The second-order valence-electron chi connectivity index (χ2n) is 23.7. The number of aliphatic hydroxyl groups is 10. The molecule has 0 radical (unpaired) electrons. The van der Waals surface area contributed by atoms with Crippen molar-refractivity contribution in [2.45, 2.75) is 214 Å². The van der Waals surface area contributed by atoms with Crippen LogP contribution < -0.4 is 58.9 Å². The molecule has 1 aromatic heterocycles. The van der Waals surface area contributed by atoms with Gasteiger partial charge in [0.15, 0.2) is 12.6 Å². The Morgan fingerprint density at radius 2 is 1.12 bits per heavy atom. The van der Waals surface area contributed by atoms with Crippen LogP contribution in [0, 0.1) is 0 Å². The van der Waals surface area contributed by atoms with Crippen LogP contribution in [0.25, 0.3) is 0 Å². The third-order valence-corrected chi connectivity index (χ3v) is 15.9. The minimum atomic E-state index is -2.31. The highest BCUT2D eigenvalue weighted by molar-refractivity contribution is 5.99. The Kier molecular flexibility index (Phi) is 32.7. The van der Waals surface area contributed by atoms with Gasteiger partial charge >= 0.3 is 11.9 Å². The van der Waals surface area contributed by atoms with E-state index in [4.69, 9.17) is 29.8 Å². The van der Waals surface area contributed by atoms with Crippen molar-refractivity contribution >= 4 is 76.9 Å². The number of carboxylic acids is 2. The zero-order valence-corrected chi connectivity index (χ0v) is 54.5. The SMILES string of the molecule is CC(=O)N[C@H]1[C@@H](O[C@H](C)[C@H](NC(=O)[C@@H](NC(=O)[C@H](CCC(=O)O)NC(=O)[C@@H](N)[C@@H](C)O)[C@@H](C)O)C(=O)N[C@@H](CO)C(=O)N[C@H](Cc2cnc[nH]2)C(=O)N[C@@H](CO)C(=O)N[C@H](C(=O)N2CCC[C@H]2C(=O)NCC(=O)O)[C@@H](C)O)O[C@H](CO[C@@H]2O[C@H](CO)[C@@H](O)[C@H](O)[C@H]2NC(C)=O)[C@H](O)[C@@H]1O. The molecule has 43 heteroatoms. The Morgan fingerprint density at radius 1 is 0.626 bits per heavy atom. The summed E-state index contributed by atoms with van der Waals surface area (Å²) < 4.78 is 23.4. The first-order chi connectivity index (χ1) is 46.5. The normalized spacial score (nSPS) is 25.8. The molecular weight excluding hydrogens is 1330 g/mol. The summed E-state index contributed by atoms with van der Waals surface area (Å²) in [6.07, 6.45) is -21.2. The van der Waals surface area contributed by atoms with Crippen molar-refractivity contribution in [2.75, 3.05) is 39.5 Å². The lowest BCUT2D eigenvalue weighted by Gasteiger charge is -2.45. The molecule has 3 aliphatic heterocycles. The van der Waals surface area contributed by atoms with Gasteiger partial charge in [0, 0.05) is 45.1 Å². The summed E-state index contributed by atoms with van der Waals surface area (Å²) in [5.41, 5.74) is 5.83. The number of nitrogens with zero attached hydrogens (tertiary/aromatic N) is 2. The number of aromatic amines is 1. The van der Waals surface area contributed by atoms with Gasteiger partial charge in [-0.1, -0.05) is 0 Å². The molecule has 99 heavy (non-hydrogen) atoms. The van der Waals surface area contributed by atoms with E-state index in [1.165, 1.54) is 6.20 Å². The van der Waals surface area contributed by atoms with Gasteiger partial charge in [0.1, 0.15) is 110 Å². The lowest BCUT2D eigenvalue weighted by Crippen LogP contribution is -2.68. The number of imidazole rings is 1. The number of rotatable bonds is 37. The smallest absolute Gasteiger partial charge is 0.322 e. The second kappa shape index (κ2) is 38.9. The third-order valence-electron chi connectivity index (χ3n) is 15.9. The van der Waals surface area contributed by atoms with Crippen molar-refractivity contribution in [1.82, 2.24) is 68.0 Å². The zero-order valence-electron chi connectivity index (χ0n) is 54.5. The molecule has 0 saturated carbocycles. The first-order valence-corrected chi connectivity index (χ1v) is 31.0. The van der Waals surface area contributed by atoms with E-state index in [0.717, 1.165) is 52.8 Å². The van der Waals surface area contributed by atoms with Crippen molar-refractivity contribution in [3.8, 4) is 0 Å². The quantitative estimate of drug-likeness (QED) is 0.0294. The number of likely N-dealkylation sites (tertiary alicyclic amines) is 1. The molecule has 558 valence electrons. The highest BCUT2D eigenvalue weighted by atomic mass is 16.7. The summed E-state index contributed by atoms with van der Waals surface area (Å²) in [6, 6.07) is -20.5. The fourth-order valence-corrected chi connectivity index (χ4v) is 10.4. The summed E-state index contributed by atoms with van der Waals surface area (Å²) >= 11 is 0. The molecule has 4 heterocycles. The molecule has 43 nitrogen and oxygen atoms in total. The van der Waals surface area contributed by atoms with Gasteiger partial charge in [0.2, 0.25) is 65.0 Å². The maximum Gasteiger partial charge on any atom is 0.322 e. The van der Waals surface area contributed by atoms with Crippen LogP contribution in [0.2, 0.25) is 0 Å². The highest BCUT2D eigenvalue weighted by Crippen LogP contribution is 2.28. The van der Waals surface area contributed by atoms with Crippen LogP contribution in [-0.4, -0.2) is 333 Å². The molecule has 23 atom stereocenters. The maximum atomic E-state index is 14.8. The van der Waals surface area contributed by atoms with Gasteiger partial charge in [-0.05, 0) is 47.0 Å². The molecule has 3 aliphatic rings. The molecule has 11 amide bonds. The number of aliphatic hydroxyl groups excluding tert-OH is 10. The number of ether oxygens (including phenoxy) is 4. The van der Waals surface area contributed by atoms with Crippen LogP contribution in [0.3, 0.4) is 0 Å². The van der Waals surface area contributed by atoms with Gasteiger partial charge in [0.05, 0.1) is 57.2 Å². The van der Waals surface area contributed by atoms with E-state index >= 15 is 0 Å². The van der Waals surface area contributed by atoms with Gasteiger partial charge in [-0.15, -0.1) is 0 Å². The van der Waals surface area contributed by atoms with E-state index in [-0.39, 0.29) is 25.1 Å². The molecule has 0 aromatic carbocycles. The summed E-state index contributed by atoms with van der Waals surface area (Å²) in [5, 5.41) is 147. The fourth-order valence-electron chi connectivity index (χ4n) is 10.4. The van der Waals surface area contributed by atoms with E-state index in [0.29, 0.717) is 0 Å². The van der Waals surface area contributed by atoms with Crippen molar-refractivity contribution in [2.24, 2.45) is 5.73 Å². The molecular formula is C56H90N14O29. The van der Waals surface area contributed by atoms with Crippen LogP contribution in [0.15, 0.2) is 12.5 Å². The number of H-pyrrole nitrogens is 1. The zero-order chi connectivity index (χ0) is 74.4. The summed E-state index contributed by atoms with van der Waals surface area (Å²) in [4.78, 5) is 180. The average molecular weight is 1420 g/mol. The molecule has 3 saturated heterocycles. The molecule has 0 unspecified atom stereocenters. The van der Waals surface area contributed by atoms with Crippen molar-refractivity contribution in [3.63, 3.8) is 0 Å². The second-order valence-corrected chi connectivity index (χ2v) is 23.7. The molecule has 0 spiro atoms. The van der Waals surface area contributed by atoms with Crippen LogP contribution >= 0.6 is 0 Å². The largest absolute Gasteiger partial charge is 0.481 e. The van der Waals surface area contributed by atoms with Gasteiger partial charge < -0.3 is 149 Å². The minimum Gasteiger partial charge on any atom is -0.481 e. The van der Waals surface area contributed by atoms with Crippen molar-refractivity contribution < 1.29 is 143 Å². The lowest BCUT2D eigenvalue weighted by atomic mass is 9.96. The lowest BCUT2D eigenvalue weighted by molar-refractivity contribution is -0.308. The number of aromatic nitrogens is 2. The van der Waals surface area contributed by atoms with E-state index < -0.39 is 269 Å². The number of carboxylic acid groups (broad SMARTS) is 2. The predicted molar refractivity (Wildman–Crippen MR) is 325 cm³/mol. The number of carbonyl (C=O) groups excluding carboxylic acids is 11. The third kappa shape index (κ3) is 24.0. The Morgan fingerprint density at radius 3 is 1.65 bits per heavy atom. The van der Waals surface area contributed by atoms with E-state index in [2.05, 4.69) is 63.1 Å². The first kappa shape index (κ1) is 83.1. The Hall–Kier alpha value is -8.28. The molecule has 1 aromatic rings. The summed E-state index contributed by atoms with van der Waals surface area (Å²) in [5.74, 6) is -15.9. The molecule has 0 aliphatic carbocycles. The van der Waals surface area contributed by atoms with E-state index in [1.807, 2.05) is 0 Å². The topological polar surface area (TPSA) is 680 Å². The predicted octanol–water partition coefficient (Wildman–Crippen LogP) is -13.8. The summed E-state index contributed by atoms with van der Waals surface area (Å²) in [6.45, 7) is 1.03. The number of amides is 11. The number of aliphatic carboxylic acids is 2. The number of hydrogen-bond donors (Lipinski definition) is 24. The number of carbonyl (C=O) groups is 13. The number of nitrogens with one attached hydrogen (secondary N) is 11. The fraction of sp³-hybridized carbons (Fsp3) is 0.714. The highest BCUT2D eigenvalue weighted by Gasteiger charge is 2.51. The average Bonchev–Trinajstić information content (AvgIpc) is 1.22. The first-order valence-electron chi connectivity index (χ1n) is 31.0. The molecule has 0 bridgehead atoms. The maximum absolute atomic E-state index is 14.8. The van der Waals surface area contributed by atoms with Crippen molar-refractivity contribution in [3.05, 3.63) is 18.2 Å². The Labute approximate surface area is 563 Å². The standard InChI is InChI=1S/C56H90N14O29/c1-20(74)36(57)51(92)63-27(9-10-34(79)80)46(87)67-37(21(2)75)52(93)69-39(23(4)97-56-41(62-25(6)78)45(86)43(84)33(99-56)18-96-55-40(61-24(5)77)44(85)42(83)32(17-73)98-55)53(94)66-29(15-71)48(89)64-28(12-26-13-58-19-60-26)47(88)65-30(16-72)49(90)68-38(22(3)76)54(95)70-11-7-8-31(70)50(91)59-14-35(81)82/h13,19-23,27-33,36-45,55-56,71-76,83-86H,7-12,14-18,57H2,1-6H3,(H,58,60)(H,59,91)(H,61,77)(H,62,78)(H,63,92)(H,64,89)(H,65,88)(H,66,94)(H,67,87)(H,68,90)(H,69,93)(H,79,80)(H,81,82)/t20-,21-,22-,23-,27+,28-,29+,30+,31+,32-,33-,36+,37+,38+,39+,40-,41-,42-,43+,44-,45-,55-,56+/m1/s1. The minimum absolute atomic E-state index is 0.0628. The molecule has 3 fully saturated rings. The van der Waals surface area contributed by atoms with Gasteiger partial charge in [-0.3, -0.25) is 62.3 Å². The van der Waals surface area contributed by atoms with Gasteiger partial charge in [-0.2, -0.15) is 0 Å². The van der Waals surface area contributed by atoms with Crippen molar-refractivity contribution in [1.29, 1.82) is 0 Å². The van der Waals surface area contributed by atoms with Crippen LogP contribution in [-0.2, 0) is 87.7 Å². The monoisotopic (exact) mass is 1420 g/mol. The van der Waals surface area contributed by atoms with Crippen LogP contribution in [0.5, 0.6) is 0 Å². The Bertz CT molecular complexity index is 2950. The van der Waals surface area contributed by atoms with Crippen LogP contribution in [0.4, 0.5) is 0 Å². The van der Waals surface area contributed by atoms with E-state index in [9.17, 15) is 119 Å². The van der Waals surface area contributed by atoms with Gasteiger partial charge in [-0.25, -0.2) is 4.98 Å². The number of nitrogens with two attached hydrogens (primary N) is 1. The van der Waals surface area contributed by atoms with Crippen LogP contribution in [0.1, 0.15) is 72.9 Å². The molecule has 4 rings (SSSR count).